The highest BCUT2D eigenvalue weighted by atomic mass is 16.7. The van der Waals surface area contributed by atoms with Crippen molar-refractivity contribution in [1.82, 2.24) is 0 Å². The summed E-state index contributed by atoms with van der Waals surface area (Å²) in [5, 5.41) is 1.31. The largest absolute Gasteiger partial charge is 0.513 e. The van der Waals surface area contributed by atoms with Gasteiger partial charge < -0.3 is 18.9 Å². The van der Waals surface area contributed by atoms with Crippen LogP contribution in [-0.2, 0) is 9.47 Å². The van der Waals surface area contributed by atoms with E-state index in [0.717, 1.165) is 38.5 Å². The van der Waals surface area contributed by atoms with Crippen molar-refractivity contribution in [3.05, 3.63) is 35.9 Å². The minimum atomic E-state index is -0.741. The number of rotatable bonds is 10. The Bertz CT molecular complexity index is 814. The molecule has 2 aromatic rings. The fraction of sp³-hybridized carbons (Fsp3) is 0.478. The molecule has 0 amide bonds. The molecule has 0 saturated carbocycles. The molecule has 2 rings (SSSR count). The van der Waals surface area contributed by atoms with Gasteiger partial charge in [0.1, 0.15) is 11.5 Å². The van der Waals surface area contributed by atoms with Crippen LogP contribution < -0.4 is 9.47 Å². The van der Waals surface area contributed by atoms with Crippen LogP contribution in [0.1, 0.15) is 57.9 Å². The normalized spacial score (nSPS) is 10.6. The first-order chi connectivity index (χ1) is 14.1. The molecule has 0 aliphatic heterocycles. The standard InChI is InChI=1S/C23H30O6/c1-4-6-10-14-26-22(24)28-20-16-17(3)21(19-13-9-8-12-18(19)20)29-23(25)27-15-11-7-5-2/h8-9,12-13,16H,4-7,10-11,14-15H2,1-3H3. The lowest BCUT2D eigenvalue weighted by Gasteiger charge is -2.14. The summed E-state index contributed by atoms with van der Waals surface area (Å²) in [6.07, 6.45) is 4.21. The molecule has 158 valence electrons. The van der Waals surface area contributed by atoms with Gasteiger partial charge in [0.25, 0.3) is 0 Å². The molecule has 0 aromatic heterocycles. The summed E-state index contributed by atoms with van der Waals surface area (Å²) in [6, 6.07) is 8.92. The van der Waals surface area contributed by atoms with E-state index in [1.54, 1.807) is 19.1 Å². The van der Waals surface area contributed by atoms with Crippen LogP contribution in [-0.4, -0.2) is 25.5 Å². The second-order valence-electron chi connectivity index (χ2n) is 6.88. The summed E-state index contributed by atoms with van der Waals surface area (Å²) in [6.45, 7) is 6.60. The molecule has 0 N–H and O–H groups in total. The van der Waals surface area contributed by atoms with Gasteiger partial charge in [0.2, 0.25) is 0 Å². The van der Waals surface area contributed by atoms with Crippen LogP contribution >= 0.6 is 0 Å². The predicted octanol–water partition coefficient (Wildman–Crippen LogP) is 6.56. The zero-order valence-corrected chi connectivity index (χ0v) is 17.5. The molecule has 0 unspecified atom stereocenters. The monoisotopic (exact) mass is 402 g/mol. The molecule has 0 fully saturated rings. The summed E-state index contributed by atoms with van der Waals surface area (Å²) in [7, 11) is 0. The molecular formula is C23H30O6. The van der Waals surface area contributed by atoms with Crippen molar-refractivity contribution in [3.8, 4) is 11.5 Å². The SMILES string of the molecule is CCCCCOC(=O)Oc1cc(C)c(OC(=O)OCCCCC)c2ccccc12. The Balaban J connectivity index is 2.12. The number of carbonyl (C=O) groups is 2. The van der Waals surface area contributed by atoms with Gasteiger partial charge >= 0.3 is 12.3 Å². The quantitative estimate of drug-likeness (QED) is 0.255. The van der Waals surface area contributed by atoms with Crippen molar-refractivity contribution in [2.75, 3.05) is 13.2 Å². The lowest BCUT2D eigenvalue weighted by molar-refractivity contribution is 0.0957. The van der Waals surface area contributed by atoms with E-state index in [4.69, 9.17) is 18.9 Å². The number of unbranched alkanes of at least 4 members (excludes halogenated alkanes) is 4. The lowest BCUT2D eigenvalue weighted by atomic mass is 10.0. The molecule has 29 heavy (non-hydrogen) atoms. The first kappa shape index (κ1) is 22.5. The molecule has 0 radical (unpaired) electrons. The fourth-order valence-corrected chi connectivity index (χ4v) is 2.92. The van der Waals surface area contributed by atoms with Gasteiger partial charge in [-0.2, -0.15) is 0 Å². The third kappa shape index (κ3) is 6.97. The van der Waals surface area contributed by atoms with E-state index in [1.165, 1.54) is 0 Å². The second-order valence-corrected chi connectivity index (χ2v) is 6.88. The van der Waals surface area contributed by atoms with Crippen molar-refractivity contribution in [2.45, 2.75) is 59.3 Å². The van der Waals surface area contributed by atoms with E-state index in [9.17, 15) is 9.59 Å². The average molecular weight is 402 g/mol. The molecule has 0 spiro atoms. The van der Waals surface area contributed by atoms with Crippen molar-refractivity contribution >= 4 is 23.1 Å². The van der Waals surface area contributed by atoms with Crippen LogP contribution in [0.5, 0.6) is 11.5 Å². The maximum atomic E-state index is 12.1. The first-order valence-corrected chi connectivity index (χ1v) is 10.3. The van der Waals surface area contributed by atoms with Gasteiger partial charge in [0.05, 0.1) is 13.2 Å². The maximum Gasteiger partial charge on any atom is 0.513 e. The second kappa shape index (κ2) is 11.9. The minimum Gasteiger partial charge on any atom is -0.434 e. The first-order valence-electron chi connectivity index (χ1n) is 10.3. The van der Waals surface area contributed by atoms with Crippen LogP contribution in [0.4, 0.5) is 9.59 Å². The number of aryl methyl sites for hydroxylation is 1. The average Bonchev–Trinajstić information content (AvgIpc) is 2.71. The number of carbonyl (C=O) groups excluding carboxylic acids is 2. The minimum absolute atomic E-state index is 0.328. The van der Waals surface area contributed by atoms with Crippen molar-refractivity contribution < 1.29 is 28.5 Å². The maximum absolute atomic E-state index is 12.1. The molecular weight excluding hydrogens is 372 g/mol. The Kier molecular flexibility index (Phi) is 9.28. The van der Waals surface area contributed by atoms with E-state index in [1.807, 2.05) is 18.2 Å². The van der Waals surface area contributed by atoms with E-state index < -0.39 is 12.3 Å². The number of hydrogen-bond acceptors (Lipinski definition) is 6. The van der Waals surface area contributed by atoms with Gasteiger partial charge in [-0.05, 0) is 31.4 Å². The highest BCUT2D eigenvalue weighted by Gasteiger charge is 2.18. The fourth-order valence-electron chi connectivity index (χ4n) is 2.92. The Morgan fingerprint density at radius 3 is 1.93 bits per heavy atom. The van der Waals surface area contributed by atoms with Crippen LogP contribution in [0.3, 0.4) is 0 Å². The molecule has 6 heteroatoms. The smallest absolute Gasteiger partial charge is 0.434 e. The van der Waals surface area contributed by atoms with E-state index in [-0.39, 0.29) is 0 Å². The third-order valence-corrected chi connectivity index (χ3v) is 4.46. The topological polar surface area (TPSA) is 71.1 Å². The summed E-state index contributed by atoms with van der Waals surface area (Å²) in [4.78, 5) is 24.1. The Hall–Kier alpha value is -2.76. The summed E-state index contributed by atoms with van der Waals surface area (Å²) >= 11 is 0. The van der Waals surface area contributed by atoms with Crippen LogP contribution in [0, 0.1) is 6.92 Å². The number of fused-ring (bicyclic) bond motifs is 1. The zero-order valence-electron chi connectivity index (χ0n) is 17.5. The zero-order chi connectivity index (χ0) is 21.1. The Labute approximate surface area is 172 Å². The van der Waals surface area contributed by atoms with Crippen molar-refractivity contribution in [2.24, 2.45) is 0 Å². The molecule has 0 aliphatic carbocycles. The predicted molar refractivity (Wildman–Crippen MR) is 112 cm³/mol. The molecule has 0 saturated heterocycles. The van der Waals surface area contributed by atoms with Crippen LogP contribution in [0.15, 0.2) is 30.3 Å². The highest BCUT2D eigenvalue weighted by molar-refractivity contribution is 5.96. The number of ether oxygens (including phenoxy) is 4. The van der Waals surface area contributed by atoms with E-state index in [2.05, 4.69) is 13.8 Å². The molecule has 0 atom stereocenters. The molecule has 0 bridgehead atoms. The Morgan fingerprint density at radius 1 is 0.793 bits per heavy atom. The van der Waals surface area contributed by atoms with Gasteiger partial charge in [-0.3, -0.25) is 0 Å². The summed E-state index contributed by atoms with van der Waals surface area (Å²) in [5.41, 5.74) is 0.656. The Morgan fingerprint density at radius 2 is 1.34 bits per heavy atom. The third-order valence-electron chi connectivity index (χ3n) is 4.46. The van der Waals surface area contributed by atoms with Gasteiger partial charge in [-0.15, -0.1) is 0 Å². The van der Waals surface area contributed by atoms with Gasteiger partial charge in [0.15, 0.2) is 0 Å². The van der Waals surface area contributed by atoms with Crippen LogP contribution in [0.2, 0.25) is 0 Å². The molecule has 0 heterocycles. The summed E-state index contributed by atoms with van der Waals surface area (Å²) < 4.78 is 21.1. The van der Waals surface area contributed by atoms with Crippen molar-refractivity contribution in [1.29, 1.82) is 0 Å². The molecule has 0 aliphatic rings. The van der Waals surface area contributed by atoms with Gasteiger partial charge in [0, 0.05) is 10.8 Å². The number of benzene rings is 2. The molecule has 6 nitrogen and oxygen atoms in total. The highest BCUT2D eigenvalue weighted by Crippen LogP contribution is 2.36. The van der Waals surface area contributed by atoms with Gasteiger partial charge in [-0.1, -0.05) is 63.8 Å². The van der Waals surface area contributed by atoms with Gasteiger partial charge in [-0.25, -0.2) is 9.59 Å². The summed E-state index contributed by atoms with van der Waals surface area (Å²) in [5.74, 6) is 0.756. The molecule has 2 aromatic carbocycles. The van der Waals surface area contributed by atoms with Crippen LogP contribution in [0.25, 0.3) is 10.8 Å². The lowest BCUT2D eigenvalue weighted by Crippen LogP contribution is -2.14. The van der Waals surface area contributed by atoms with Crippen molar-refractivity contribution in [3.63, 3.8) is 0 Å². The van der Waals surface area contributed by atoms with E-state index in [0.29, 0.717) is 41.0 Å². The van der Waals surface area contributed by atoms with E-state index >= 15 is 0 Å². The number of hydrogen-bond donors (Lipinski definition) is 0.